The third-order valence-corrected chi connectivity index (χ3v) is 3.37. The summed E-state index contributed by atoms with van der Waals surface area (Å²) in [7, 11) is 0. The number of nitrogens with zero attached hydrogens (tertiary/aromatic N) is 1. The van der Waals surface area contributed by atoms with Gasteiger partial charge in [0.2, 0.25) is 5.91 Å². The van der Waals surface area contributed by atoms with Gasteiger partial charge in [0, 0.05) is 22.8 Å². The minimum atomic E-state index is -0.999. The number of anilines is 1. The van der Waals surface area contributed by atoms with Crippen molar-refractivity contribution in [3.8, 4) is 0 Å². The number of carbonyl (C=O) groups excluding carboxylic acids is 1. The second-order valence-electron chi connectivity index (χ2n) is 5.12. The molecule has 0 aromatic heterocycles. The fourth-order valence-corrected chi connectivity index (χ4v) is 2.40. The van der Waals surface area contributed by atoms with Crippen LogP contribution in [-0.2, 0) is 9.59 Å². The topological polar surface area (TPSA) is 83.6 Å². The van der Waals surface area contributed by atoms with E-state index in [0.29, 0.717) is 12.5 Å². The molecule has 6 heteroatoms. The first-order valence-corrected chi connectivity index (χ1v) is 7.32. The van der Waals surface area contributed by atoms with E-state index in [1.807, 2.05) is 17.0 Å². The van der Waals surface area contributed by atoms with Gasteiger partial charge in [-0.05, 0) is 29.7 Å². The first-order chi connectivity index (χ1) is 9.79. The van der Waals surface area contributed by atoms with Crippen molar-refractivity contribution in [2.75, 3.05) is 18.0 Å². The van der Waals surface area contributed by atoms with Crippen LogP contribution in [-0.4, -0.2) is 30.1 Å². The highest BCUT2D eigenvalue weighted by Gasteiger charge is 2.12. The highest BCUT2D eigenvalue weighted by molar-refractivity contribution is 9.10. The molecule has 1 rings (SSSR count). The molecule has 0 fully saturated rings. The summed E-state index contributed by atoms with van der Waals surface area (Å²) in [6.07, 6.45) is 2.59. The normalized spacial score (nSPS) is 11.0. The van der Waals surface area contributed by atoms with Crippen LogP contribution >= 0.6 is 15.9 Å². The van der Waals surface area contributed by atoms with Gasteiger partial charge >= 0.3 is 5.97 Å². The first-order valence-electron chi connectivity index (χ1n) is 6.53. The lowest BCUT2D eigenvalue weighted by Crippen LogP contribution is -2.36. The summed E-state index contributed by atoms with van der Waals surface area (Å²) >= 11 is 3.41. The molecule has 1 amide bonds. The van der Waals surface area contributed by atoms with Gasteiger partial charge in [0.15, 0.2) is 0 Å². The second kappa shape index (κ2) is 7.83. The van der Waals surface area contributed by atoms with Crippen molar-refractivity contribution in [3.05, 3.63) is 34.3 Å². The molecule has 1 aromatic carbocycles. The van der Waals surface area contributed by atoms with E-state index < -0.39 is 5.97 Å². The lowest BCUT2D eigenvalue weighted by molar-refractivity contribution is -0.131. The van der Waals surface area contributed by atoms with Crippen molar-refractivity contribution in [2.24, 2.45) is 11.7 Å². The molecule has 0 bridgehead atoms. The van der Waals surface area contributed by atoms with Gasteiger partial charge < -0.3 is 15.7 Å². The van der Waals surface area contributed by atoms with Crippen LogP contribution in [0, 0.1) is 5.92 Å². The molecule has 0 atom stereocenters. The smallest absolute Gasteiger partial charge is 0.328 e. The van der Waals surface area contributed by atoms with Gasteiger partial charge in [-0.15, -0.1) is 0 Å². The van der Waals surface area contributed by atoms with Crippen LogP contribution in [0.5, 0.6) is 0 Å². The molecule has 1 aromatic rings. The molecule has 0 unspecified atom stereocenters. The lowest BCUT2D eigenvalue weighted by Gasteiger charge is -2.25. The van der Waals surface area contributed by atoms with Crippen LogP contribution in [0.2, 0.25) is 0 Å². The van der Waals surface area contributed by atoms with Crippen molar-refractivity contribution >= 4 is 39.6 Å². The van der Waals surface area contributed by atoms with Crippen molar-refractivity contribution in [3.63, 3.8) is 0 Å². The highest BCUT2D eigenvalue weighted by atomic mass is 79.9. The average Bonchev–Trinajstić information content (AvgIpc) is 2.35. The number of carboxylic acid groups (broad SMARTS) is 1. The molecule has 114 valence electrons. The number of carbonyl (C=O) groups is 2. The Bertz CT molecular complexity index is 556. The number of aliphatic carboxylic acids is 1. The largest absolute Gasteiger partial charge is 0.478 e. The fraction of sp³-hybridized carbons (Fsp3) is 0.333. The maximum Gasteiger partial charge on any atom is 0.328 e. The van der Waals surface area contributed by atoms with Crippen LogP contribution in [0.3, 0.4) is 0 Å². The molecule has 0 heterocycles. The Morgan fingerprint density at radius 2 is 2.10 bits per heavy atom. The van der Waals surface area contributed by atoms with Gasteiger partial charge in [0.1, 0.15) is 0 Å². The molecular weight excluding hydrogens is 336 g/mol. The number of amides is 1. The Hall–Kier alpha value is -1.82. The van der Waals surface area contributed by atoms with Gasteiger partial charge in [0.05, 0.1) is 6.54 Å². The van der Waals surface area contributed by atoms with Crippen molar-refractivity contribution in [2.45, 2.75) is 13.8 Å². The number of carboxylic acids is 1. The Morgan fingerprint density at radius 1 is 1.43 bits per heavy atom. The van der Waals surface area contributed by atoms with Crippen LogP contribution in [0.4, 0.5) is 5.69 Å². The quantitative estimate of drug-likeness (QED) is 0.736. The number of primary amides is 1. The Labute approximate surface area is 132 Å². The monoisotopic (exact) mass is 354 g/mol. The fourth-order valence-electron chi connectivity index (χ4n) is 1.90. The SMILES string of the molecule is CC(C)CN(CC(N)=O)c1ccc(/C=C/C(=O)O)c(Br)c1. The van der Waals surface area contributed by atoms with Crippen molar-refractivity contribution < 1.29 is 14.7 Å². The predicted molar refractivity (Wildman–Crippen MR) is 87.1 cm³/mol. The van der Waals surface area contributed by atoms with Crippen molar-refractivity contribution in [1.82, 2.24) is 0 Å². The van der Waals surface area contributed by atoms with Crippen LogP contribution in [0.15, 0.2) is 28.7 Å². The average molecular weight is 355 g/mol. The van der Waals surface area contributed by atoms with Gasteiger partial charge in [-0.1, -0.05) is 35.8 Å². The molecule has 0 aliphatic rings. The first kappa shape index (κ1) is 17.2. The van der Waals surface area contributed by atoms with Crippen LogP contribution < -0.4 is 10.6 Å². The second-order valence-corrected chi connectivity index (χ2v) is 5.97. The number of benzene rings is 1. The van der Waals surface area contributed by atoms with Gasteiger partial charge in [-0.2, -0.15) is 0 Å². The van der Waals surface area contributed by atoms with E-state index in [2.05, 4.69) is 29.8 Å². The molecule has 0 spiro atoms. The predicted octanol–water partition coefficient (Wildman–Crippen LogP) is 2.49. The molecule has 21 heavy (non-hydrogen) atoms. The number of hydrogen-bond donors (Lipinski definition) is 2. The number of hydrogen-bond acceptors (Lipinski definition) is 3. The molecule has 0 saturated heterocycles. The van der Waals surface area contributed by atoms with Gasteiger partial charge in [-0.25, -0.2) is 4.79 Å². The summed E-state index contributed by atoms with van der Waals surface area (Å²) in [5.41, 5.74) is 6.90. The third kappa shape index (κ3) is 5.99. The number of nitrogens with two attached hydrogens (primary N) is 1. The Balaban J connectivity index is 3.02. The number of halogens is 1. The zero-order chi connectivity index (χ0) is 16.0. The zero-order valence-corrected chi connectivity index (χ0v) is 13.6. The minimum absolute atomic E-state index is 0.148. The van der Waals surface area contributed by atoms with E-state index in [-0.39, 0.29) is 12.5 Å². The van der Waals surface area contributed by atoms with E-state index in [1.54, 1.807) is 6.07 Å². The maximum atomic E-state index is 11.2. The lowest BCUT2D eigenvalue weighted by atomic mass is 10.1. The summed E-state index contributed by atoms with van der Waals surface area (Å²) < 4.78 is 0.760. The Kier molecular flexibility index (Phi) is 6.42. The molecule has 3 N–H and O–H groups in total. The number of rotatable bonds is 7. The summed E-state index contributed by atoms with van der Waals surface area (Å²) in [6, 6.07) is 5.50. The standard InChI is InChI=1S/C15H19BrN2O3/c1-10(2)8-18(9-14(17)19)12-5-3-11(13(16)7-12)4-6-15(20)21/h3-7,10H,8-9H2,1-2H3,(H2,17,19)(H,20,21)/b6-4+. The summed E-state index contributed by atoms with van der Waals surface area (Å²) in [5, 5.41) is 8.65. The Morgan fingerprint density at radius 3 is 2.57 bits per heavy atom. The molecule has 0 saturated carbocycles. The maximum absolute atomic E-state index is 11.2. The molecule has 5 nitrogen and oxygen atoms in total. The zero-order valence-electron chi connectivity index (χ0n) is 12.0. The molecule has 0 aliphatic carbocycles. The highest BCUT2D eigenvalue weighted by Crippen LogP contribution is 2.25. The van der Waals surface area contributed by atoms with Crippen LogP contribution in [0.25, 0.3) is 6.08 Å². The molecule has 0 aliphatic heterocycles. The summed E-state index contributed by atoms with van der Waals surface area (Å²) in [4.78, 5) is 23.6. The molecule has 0 radical (unpaired) electrons. The third-order valence-electron chi connectivity index (χ3n) is 2.69. The minimum Gasteiger partial charge on any atom is -0.478 e. The molecular formula is C15H19BrN2O3. The van der Waals surface area contributed by atoms with E-state index in [0.717, 1.165) is 21.8 Å². The van der Waals surface area contributed by atoms with E-state index >= 15 is 0 Å². The summed E-state index contributed by atoms with van der Waals surface area (Å²) in [6.45, 7) is 4.98. The van der Waals surface area contributed by atoms with Gasteiger partial charge in [0.25, 0.3) is 0 Å². The van der Waals surface area contributed by atoms with Gasteiger partial charge in [-0.3, -0.25) is 4.79 Å². The van der Waals surface area contributed by atoms with E-state index in [9.17, 15) is 9.59 Å². The van der Waals surface area contributed by atoms with Crippen molar-refractivity contribution in [1.29, 1.82) is 0 Å². The van der Waals surface area contributed by atoms with Crippen LogP contribution in [0.1, 0.15) is 19.4 Å². The van der Waals surface area contributed by atoms with E-state index in [1.165, 1.54) is 6.08 Å². The summed E-state index contributed by atoms with van der Waals surface area (Å²) in [5.74, 6) is -1.00. The van der Waals surface area contributed by atoms with E-state index in [4.69, 9.17) is 10.8 Å².